The second-order valence-electron chi connectivity index (χ2n) is 5.60. The summed E-state index contributed by atoms with van der Waals surface area (Å²) >= 11 is 0. The van der Waals surface area contributed by atoms with Gasteiger partial charge in [0.15, 0.2) is 0 Å². The molecular formula is C17H24N2O3. The minimum atomic E-state index is -0.0140. The summed E-state index contributed by atoms with van der Waals surface area (Å²) in [6, 6.07) is 7.77. The van der Waals surface area contributed by atoms with E-state index in [4.69, 9.17) is 4.74 Å². The van der Waals surface area contributed by atoms with E-state index >= 15 is 0 Å². The number of rotatable bonds is 8. The third kappa shape index (κ3) is 5.39. The molecule has 0 unspecified atom stereocenters. The van der Waals surface area contributed by atoms with E-state index in [0.717, 1.165) is 31.7 Å². The molecular weight excluding hydrogens is 280 g/mol. The van der Waals surface area contributed by atoms with Gasteiger partial charge in [0.25, 0.3) is 0 Å². The standard InChI is InChI=1S/C17H24N2O3/c1-14-5-7-15(8-6-14)22-13-9-16(20)18-10-3-12-19-11-2-4-17(19)21/h5-8H,2-4,9-13H2,1H3,(H,18,20). The first-order valence-electron chi connectivity index (χ1n) is 7.89. The Kier molecular flexibility index (Phi) is 6.25. The van der Waals surface area contributed by atoms with Crippen LogP contribution < -0.4 is 10.1 Å². The summed E-state index contributed by atoms with van der Waals surface area (Å²) in [5.74, 6) is 1.00. The lowest BCUT2D eigenvalue weighted by Crippen LogP contribution is -2.31. The van der Waals surface area contributed by atoms with Crippen LogP contribution in [0.1, 0.15) is 31.2 Å². The minimum Gasteiger partial charge on any atom is -0.493 e. The fourth-order valence-corrected chi connectivity index (χ4v) is 2.42. The summed E-state index contributed by atoms with van der Waals surface area (Å²) in [6.45, 7) is 4.59. The molecule has 5 heteroatoms. The molecule has 0 saturated carbocycles. The monoisotopic (exact) mass is 304 g/mol. The molecule has 0 atom stereocenters. The molecule has 1 fully saturated rings. The van der Waals surface area contributed by atoms with Crippen molar-refractivity contribution in [2.75, 3.05) is 26.2 Å². The Balaban J connectivity index is 1.52. The Morgan fingerprint density at radius 1 is 1.32 bits per heavy atom. The van der Waals surface area contributed by atoms with E-state index in [-0.39, 0.29) is 11.8 Å². The molecule has 0 aromatic heterocycles. The van der Waals surface area contributed by atoms with E-state index in [1.54, 1.807) is 0 Å². The van der Waals surface area contributed by atoms with Crippen LogP contribution >= 0.6 is 0 Å². The average molecular weight is 304 g/mol. The summed E-state index contributed by atoms with van der Waals surface area (Å²) in [7, 11) is 0. The van der Waals surface area contributed by atoms with Crippen LogP contribution in [0.3, 0.4) is 0 Å². The van der Waals surface area contributed by atoms with Gasteiger partial charge in [0.1, 0.15) is 5.75 Å². The lowest BCUT2D eigenvalue weighted by molar-refractivity contribution is -0.127. The maximum absolute atomic E-state index is 11.7. The number of hydrogen-bond donors (Lipinski definition) is 1. The van der Waals surface area contributed by atoms with Gasteiger partial charge in [-0.2, -0.15) is 0 Å². The van der Waals surface area contributed by atoms with Gasteiger partial charge in [-0.25, -0.2) is 0 Å². The molecule has 1 aromatic carbocycles. The zero-order valence-electron chi connectivity index (χ0n) is 13.1. The van der Waals surface area contributed by atoms with Gasteiger partial charge in [-0.05, 0) is 31.9 Å². The van der Waals surface area contributed by atoms with Gasteiger partial charge in [-0.1, -0.05) is 17.7 Å². The SMILES string of the molecule is Cc1ccc(OCCC(=O)NCCCN2CCCC2=O)cc1. The van der Waals surface area contributed by atoms with Crippen molar-refractivity contribution in [1.29, 1.82) is 0 Å². The first-order valence-corrected chi connectivity index (χ1v) is 7.89. The van der Waals surface area contributed by atoms with Crippen LogP contribution in [-0.2, 0) is 9.59 Å². The topological polar surface area (TPSA) is 58.6 Å². The molecule has 1 aliphatic rings. The average Bonchev–Trinajstić information content (AvgIpc) is 2.91. The number of carbonyl (C=O) groups excluding carboxylic acids is 2. The quantitative estimate of drug-likeness (QED) is 0.746. The number of aryl methyl sites for hydroxylation is 1. The zero-order chi connectivity index (χ0) is 15.8. The van der Waals surface area contributed by atoms with Crippen molar-refractivity contribution in [3.8, 4) is 5.75 Å². The van der Waals surface area contributed by atoms with E-state index in [2.05, 4.69) is 5.32 Å². The van der Waals surface area contributed by atoms with Crippen LogP contribution in [0.25, 0.3) is 0 Å². The summed E-state index contributed by atoms with van der Waals surface area (Å²) in [4.78, 5) is 25.0. The number of hydrogen-bond acceptors (Lipinski definition) is 3. The van der Waals surface area contributed by atoms with Crippen molar-refractivity contribution in [2.24, 2.45) is 0 Å². The van der Waals surface area contributed by atoms with Gasteiger partial charge in [0.2, 0.25) is 11.8 Å². The van der Waals surface area contributed by atoms with Gasteiger partial charge in [-0.3, -0.25) is 9.59 Å². The molecule has 120 valence electrons. The summed E-state index contributed by atoms with van der Waals surface area (Å²) in [5.41, 5.74) is 1.18. The molecule has 1 aromatic rings. The van der Waals surface area contributed by atoms with Crippen molar-refractivity contribution in [1.82, 2.24) is 10.2 Å². The molecule has 0 radical (unpaired) electrons. The lowest BCUT2D eigenvalue weighted by Gasteiger charge is -2.15. The van der Waals surface area contributed by atoms with Crippen molar-refractivity contribution in [2.45, 2.75) is 32.6 Å². The van der Waals surface area contributed by atoms with Crippen LogP contribution in [-0.4, -0.2) is 43.0 Å². The van der Waals surface area contributed by atoms with Crippen molar-refractivity contribution >= 4 is 11.8 Å². The van der Waals surface area contributed by atoms with Gasteiger partial charge in [0.05, 0.1) is 13.0 Å². The Labute approximate surface area is 131 Å². The van der Waals surface area contributed by atoms with E-state index in [1.807, 2.05) is 36.1 Å². The number of amides is 2. The zero-order valence-corrected chi connectivity index (χ0v) is 13.1. The van der Waals surface area contributed by atoms with Gasteiger partial charge in [-0.15, -0.1) is 0 Å². The molecule has 22 heavy (non-hydrogen) atoms. The molecule has 0 aliphatic carbocycles. The third-order valence-electron chi connectivity index (χ3n) is 3.72. The predicted octanol–water partition coefficient (Wildman–Crippen LogP) is 1.89. The van der Waals surface area contributed by atoms with Crippen LogP contribution in [0.4, 0.5) is 0 Å². The number of benzene rings is 1. The van der Waals surface area contributed by atoms with Crippen LogP contribution in [0.15, 0.2) is 24.3 Å². The third-order valence-corrected chi connectivity index (χ3v) is 3.72. The van der Waals surface area contributed by atoms with Crippen molar-refractivity contribution < 1.29 is 14.3 Å². The van der Waals surface area contributed by atoms with Crippen molar-refractivity contribution in [3.05, 3.63) is 29.8 Å². The highest BCUT2D eigenvalue weighted by molar-refractivity contribution is 5.78. The van der Waals surface area contributed by atoms with E-state index in [9.17, 15) is 9.59 Å². The molecule has 5 nitrogen and oxygen atoms in total. The molecule has 2 amide bonds. The largest absolute Gasteiger partial charge is 0.493 e. The van der Waals surface area contributed by atoms with E-state index < -0.39 is 0 Å². The summed E-state index contributed by atoms with van der Waals surface area (Å²) < 4.78 is 5.52. The fraction of sp³-hybridized carbons (Fsp3) is 0.529. The maximum atomic E-state index is 11.7. The lowest BCUT2D eigenvalue weighted by atomic mass is 10.2. The second kappa shape index (κ2) is 8.41. The van der Waals surface area contributed by atoms with Gasteiger partial charge < -0.3 is 15.0 Å². The number of nitrogens with zero attached hydrogens (tertiary/aromatic N) is 1. The molecule has 1 aliphatic heterocycles. The van der Waals surface area contributed by atoms with E-state index in [0.29, 0.717) is 26.0 Å². The summed E-state index contributed by atoms with van der Waals surface area (Å²) in [5, 5.41) is 2.86. The fourth-order valence-electron chi connectivity index (χ4n) is 2.42. The molecule has 0 bridgehead atoms. The number of likely N-dealkylation sites (tertiary alicyclic amines) is 1. The highest BCUT2D eigenvalue weighted by Gasteiger charge is 2.18. The van der Waals surface area contributed by atoms with Crippen LogP contribution in [0.5, 0.6) is 5.75 Å². The van der Waals surface area contributed by atoms with E-state index in [1.165, 1.54) is 5.56 Å². The number of carbonyl (C=O) groups is 2. The Morgan fingerprint density at radius 3 is 2.77 bits per heavy atom. The Hall–Kier alpha value is -2.04. The highest BCUT2D eigenvalue weighted by atomic mass is 16.5. The van der Waals surface area contributed by atoms with Crippen molar-refractivity contribution in [3.63, 3.8) is 0 Å². The Bertz CT molecular complexity index is 499. The van der Waals surface area contributed by atoms with Crippen LogP contribution in [0.2, 0.25) is 0 Å². The first-order chi connectivity index (χ1) is 10.6. The molecule has 1 saturated heterocycles. The predicted molar refractivity (Wildman–Crippen MR) is 84.7 cm³/mol. The van der Waals surface area contributed by atoms with Gasteiger partial charge >= 0.3 is 0 Å². The number of nitrogens with one attached hydrogen (secondary N) is 1. The Morgan fingerprint density at radius 2 is 2.09 bits per heavy atom. The molecule has 1 heterocycles. The molecule has 0 spiro atoms. The first kappa shape index (κ1) is 16.3. The molecule has 1 N–H and O–H groups in total. The summed E-state index contributed by atoms with van der Waals surface area (Å²) in [6.07, 6.45) is 2.77. The minimum absolute atomic E-state index is 0.0140. The highest BCUT2D eigenvalue weighted by Crippen LogP contribution is 2.11. The molecule has 2 rings (SSSR count). The van der Waals surface area contributed by atoms with Gasteiger partial charge in [0, 0.05) is 26.1 Å². The maximum Gasteiger partial charge on any atom is 0.223 e. The number of ether oxygens (including phenoxy) is 1. The normalized spacial score (nSPS) is 14.2. The smallest absolute Gasteiger partial charge is 0.223 e. The second-order valence-corrected chi connectivity index (χ2v) is 5.60. The van der Waals surface area contributed by atoms with Crippen LogP contribution in [0, 0.1) is 6.92 Å².